The highest BCUT2D eigenvalue weighted by molar-refractivity contribution is 6.15. The molecular formula is C15H15NO6. The number of methoxy groups -OCH3 is 1. The van der Waals surface area contributed by atoms with Gasteiger partial charge in [-0.2, -0.15) is 0 Å². The van der Waals surface area contributed by atoms with Crippen LogP contribution in [0.4, 0.5) is 5.69 Å². The predicted molar refractivity (Wildman–Crippen MR) is 75.8 cm³/mol. The van der Waals surface area contributed by atoms with Crippen molar-refractivity contribution in [2.45, 2.75) is 19.6 Å². The van der Waals surface area contributed by atoms with E-state index in [0.29, 0.717) is 11.3 Å². The highest BCUT2D eigenvalue weighted by Gasteiger charge is 2.38. The minimum Gasteiger partial charge on any atom is -0.465 e. The zero-order valence-electron chi connectivity index (χ0n) is 12.3. The molecule has 1 heterocycles. The number of carbonyl (C=O) groups is 3. The largest absolute Gasteiger partial charge is 0.465 e. The first-order valence-corrected chi connectivity index (χ1v) is 6.44. The molecule has 2 rings (SSSR count). The third-order valence-electron chi connectivity index (χ3n) is 2.78. The molecule has 0 bridgehead atoms. The third kappa shape index (κ3) is 3.43. The van der Waals surface area contributed by atoms with E-state index in [1.807, 2.05) is 0 Å². The zero-order chi connectivity index (χ0) is 16.3. The van der Waals surface area contributed by atoms with Crippen LogP contribution in [0.25, 0.3) is 0 Å². The second-order valence-corrected chi connectivity index (χ2v) is 4.95. The van der Waals surface area contributed by atoms with Gasteiger partial charge in [-0.05, 0) is 18.2 Å². The molecular weight excluding hydrogens is 290 g/mol. The Morgan fingerprint density at radius 2 is 1.86 bits per heavy atom. The smallest absolute Gasteiger partial charge is 0.350 e. The Kier molecular flexibility index (Phi) is 4.16. The molecule has 1 fully saturated rings. The summed E-state index contributed by atoms with van der Waals surface area (Å²) in [4.78, 5) is 34.9. The van der Waals surface area contributed by atoms with Crippen LogP contribution in [-0.4, -0.2) is 30.8 Å². The van der Waals surface area contributed by atoms with Crippen LogP contribution in [0, 0.1) is 0 Å². The van der Waals surface area contributed by atoms with Crippen LogP contribution in [0.1, 0.15) is 24.2 Å². The van der Waals surface area contributed by atoms with Crippen LogP contribution in [0.15, 0.2) is 36.0 Å². The average molecular weight is 305 g/mol. The summed E-state index contributed by atoms with van der Waals surface area (Å²) in [5.74, 6) is -3.33. The number of carbonyl (C=O) groups excluding carboxylic acids is 3. The Labute approximate surface area is 126 Å². The first kappa shape index (κ1) is 15.6. The van der Waals surface area contributed by atoms with E-state index >= 15 is 0 Å². The van der Waals surface area contributed by atoms with E-state index in [1.54, 1.807) is 18.2 Å². The molecule has 7 heteroatoms. The number of hydrogen-bond acceptors (Lipinski definition) is 7. The number of cyclic esters (lactones) is 2. The molecule has 0 aliphatic carbocycles. The maximum atomic E-state index is 11.8. The fraction of sp³-hybridized carbons (Fsp3) is 0.267. The molecule has 0 radical (unpaired) electrons. The van der Waals surface area contributed by atoms with Crippen LogP contribution in [0.2, 0.25) is 0 Å². The van der Waals surface area contributed by atoms with Gasteiger partial charge in [0.2, 0.25) is 0 Å². The standard InChI is InChI=1S/C15H15NO6/c1-15(2)21-13(18)11(14(19)22-15)8-16-10-6-4-5-9(7-10)12(17)20-3/h4-8,16H,1-3H3. The topological polar surface area (TPSA) is 90.9 Å². The lowest BCUT2D eigenvalue weighted by Gasteiger charge is -2.29. The molecule has 0 saturated carbocycles. The van der Waals surface area contributed by atoms with E-state index in [-0.39, 0.29) is 5.57 Å². The van der Waals surface area contributed by atoms with Gasteiger partial charge in [-0.1, -0.05) is 6.07 Å². The van der Waals surface area contributed by atoms with E-state index in [2.05, 4.69) is 10.1 Å². The molecule has 116 valence electrons. The number of anilines is 1. The Hall–Kier alpha value is -2.83. The van der Waals surface area contributed by atoms with Gasteiger partial charge in [0.15, 0.2) is 5.57 Å². The van der Waals surface area contributed by atoms with E-state index < -0.39 is 23.7 Å². The van der Waals surface area contributed by atoms with Crippen molar-refractivity contribution in [3.8, 4) is 0 Å². The summed E-state index contributed by atoms with van der Waals surface area (Å²) >= 11 is 0. The van der Waals surface area contributed by atoms with Crippen molar-refractivity contribution in [3.63, 3.8) is 0 Å². The summed E-state index contributed by atoms with van der Waals surface area (Å²) in [6.45, 7) is 2.93. The van der Waals surface area contributed by atoms with Crippen LogP contribution in [0.5, 0.6) is 0 Å². The molecule has 1 aliphatic rings. The molecule has 1 aliphatic heterocycles. The van der Waals surface area contributed by atoms with E-state index in [0.717, 1.165) is 0 Å². The quantitative estimate of drug-likeness (QED) is 0.515. The van der Waals surface area contributed by atoms with Crippen LogP contribution in [0.3, 0.4) is 0 Å². The molecule has 22 heavy (non-hydrogen) atoms. The molecule has 0 unspecified atom stereocenters. The van der Waals surface area contributed by atoms with Gasteiger partial charge in [0.25, 0.3) is 5.79 Å². The number of rotatable bonds is 3. The molecule has 1 aromatic carbocycles. The lowest BCUT2D eigenvalue weighted by Crippen LogP contribution is -2.42. The first-order chi connectivity index (χ1) is 10.3. The number of hydrogen-bond donors (Lipinski definition) is 1. The summed E-state index contributed by atoms with van der Waals surface area (Å²) < 4.78 is 14.5. The van der Waals surface area contributed by atoms with E-state index in [4.69, 9.17) is 9.47 Å². The van der Waals surface area contributed by atoms with Gasteiger partial charge < -0.3 is 19.5 Å². The monoisotopic (exact) mass is 305 g/mol. The minimum atomic E-state index is -1.28. The molecule has 0 atom stereocenters. The van der Waals surface area contributed by atoms with Gasteiger partial charge in [-0.25, -0.2) is 14.4 Å². The minimum absolute atomic E-state index is 0.261. The van der Waals surface area contributed by atoms with Crippen molar-refractivity contribution in [1.29, 1.82) is 0 Å². The summed E-state index contributed by atoms with van der Waals surface area (Å²) in [7, 11) is 1.28. The van der Waals surface area contributed by atoms with Gasteiger partial charge in [0, 0.05) is 25.7 Å². The van der Waals surface area contributed by atoms with Gasteiger partial charge in [-0.15, -0.1) is 0 Å². The maximum Gasteiger partial charge on any atom is 0.350 e. The van der Waals surface area contributed by atoms with Gasteiger partial charge in [0.1, 0.15) is 0 Å². The first-order valence-electron chi connectivity index (χ1n) is 6.44. The van der Waals surface area contributed by atoms with Crippen molar-refractivity contribution >= 4 is 23.6 Å². The predicted octanol–water partition coefficient (Wildman–Crippen LogP) is 1.61. The fourth-order valence-electron chi connectivity index (χ4n) is 1.79. The number of nitrogens with one attached hydrogen (secondary N) is 1. The molecule has 1 aromatic rings. The normalized spacial score (nSPS) is 16.4. The summed E-state index contributed by atoms with van der Waals surface area (Å²) in [5, 5.41) is 2.75. The number of benzene rings is 1. The number of esters is 3. The number of ether oxygens (including phenoxy) is 3. The van der Waals surface area contributed by atoms with Crippen LogP contribution >= 0.6 is 0 Å². The highest BCUT2D eigenvalue weighted by Crippen LogP contribution is 2.22. The van der Waals surface area contributed by atoms with Crippen LogP contribution < -0.4 is 5.32 Å². The third-order valence-corrected chi connectivity index (χ3v) is 2.78. The van der Waals surface area contributed by atoms with Gasteiger partial charge in [-0.3, -0.25) is 0 Å². The van der Waals surface area contributed by atoms with Crippen molar-refractivity contribution in [2.75, 3.05) is 12.4 Å². The van der Waals surface area contributed by atoms with Crippen molar-refractivity contribution in [1.82, 2.24) is 0 Å². The molecule has 0 aromatic heterocycles. The van der Waals surface area contributed by atoms with Crippen molar-refractivity contribution in [3.05, 3.63) is 41.6 Å². The Bertz CT molecular complexity index is 640. The zero-order valence-corrected chi connectivity index (χ0v) is 12.3. The summed E-state index contributed by atoms with van der Waals surface area (Å²) in [5.41, 5.74) is 0.574. The fourth-order valence-corrected chi connectivity index (χ4v) is 1.79. The average Bonchev–Trinajstić information content (AvgIpc) is 2.44. The lowest BCUT2D eigenvalue weighted by molar-refractivity contribution is -0.222. The van der Waals surface area contributed by atoms with Crippen molar-refractivity contribution < 1.29 is 28.6 Å². The van der Waals surface area contributed by atoms with Crippen LogP contribution in [-0.2, 0) is 23.8 Å². The summed E-state index contributed by atoms with van der Waals surface area (Å²) in [6, 6.07) is 6.39. The molecule has 1 saturated heterocycles. The Balaban J connectivity index is 2.16. The Morgan fingerprint density at radius 1 is 1.23 bits per heavy atom. The van der Waals surface area contributed by atoms with E-state index in [1.165, 1.54) is 33.2 Å². The van der Waals surface area contributed by atoms with Gasteiger partial charge >= 0.3 is 17.9 Å². The summed E-state index contributed by atoms with van der Waals surface area (Å²) in [6.07, 6.45) is 1.18. The molecule has 0 spiro atoms. The van der Waals surface area contributed by atoms with Crippen molar-refractivity contribution in [2.24, 2.45) is 0 Å². The van der Waals surface area contributed by atoms with Gasteiger partial charge in [0.05, 0.1) is 12.7 Å². The second kappa shape index (κ2) is 5.88. The Morgan fingerprint density at radius 3 is 2.45 bits per heavy atom. The highest BCUT2D eigenvalue weighted by atomic mass is 16.7. The maximum absolute atomic E-state index is 11.8. The van der Waals surface area contributed by atoms with E-state index in [9.17, 15) is 14.4 Å². The molecule has 7 nitrogen and oxygen atoms in total. The molecule has 0 amide bonds. The SMILES string of the molecule is COC(=O)c1cccc(NC=C2C(=O)OC(C)(C)OC2=O)c1. The molecule has 1 N–H and O–H groups in total. The lowest BCUT2D eigenvalue weighted by atomic mass is 10.2. The second-order valence-electron chi connectivity index (χ2n) is 4.95.